The third-order valence-corrected chi connectivity index (χ3v) is 12.1. The molecule has 2 aromatic heterocycles. The highest BCUT2D eigenvalue weighted by atomic mass is 32.2. The first-order chi connectivity index (χ1) is 20.8. The van der Waals surface area contributed by atoms with Crippen LogP contribution in [0.5, 0.6) is 11.8 Å². The number of thioether (sulfide) groups is 2. The quantitative estimate of drug-likeness (QED) is 0.264. The summed E-state index contributed by atoms with van der Waals surface area (Å²) in [6.45, 7) is 12.7. The molecule has 6 heterocycles. The van der Waals surface area contributed by atoms with Gasteiger partial charge in [-0.2, -0.15) is 9.97 Å². The number of amides is 2. The van der Waals surface area contributed by atoms with E-state index in [1.165, 1.54) is 56.0 Å². The van der Waals surface area contributed by atoms with E-state index in [2.05, 4.69) is 32.1 Å². The lowest BCUT2D eigenvalue weighted by Gasteiger charge is -2.37. The molecule has 44 heavy (non-hydrogen) atoms. The van der Waals surface area contributed by atoms with E-state index in [9.17, 15) is 9.59 Å². The number of nitrogens with zero attached hydrogens (tertiary/aromatic N) is 6. The van der Waals surface area contributed by atoms with Crippen LogP contribution < -0.4 is 9.47 Å². The standard InChI is InChI=1S/C28H24N6O4S6/c1-7-33-21(35)19(43-25(33)39)31-23-29-17-15(41-23)11-9-14-12(10-13(11)27(3,4)37-17)16-18(38-28(14,5)6)30-24(42-16)32-20-22(36)34(8-2)26(40)44-20/h9-10H,7-8H2,1-6H3. The van der Waals surface area contributed by atoms with Gasteiger partial charge in [0, 0.05) is 35.3 Å². The molecule has 10 nitrogen and oxygen atoms in total. The number of benzene rings is 1. The van der Waals surface area contributed by atoms with E-state index >= 15 is 0 Å². The van der Waals surface area contributed by atoms with Crippen LogP contribution in [0.25, 0.3) is 20.9 Å². The molecule has 2 fully saturated rings. The van der Waals surface area contributed by atoms with E-state index in [1.807, 2.05) is 41.5 Å². The average molecular weight is 701 g/mol. The van der Waals surface area contributed by atoms with Gasteiger partial charge in [-0.05, 0) is 77.2 Å². The van der Waals surface area contributed by atoms with Gasteiger partial charge in [0.15, 0.2) is 10.1 Å². The summed E-state index contributed by atoms with van der Waals surface area (Å²) in [5.41, 5.74) is 2.48. The van der Waals surface area contributed by atoms with Gasteiger partial charge in [0.25, 0.3) is 11.8 Å². The van der Waals surface area contributed by atoms with Crippen molar-refractivity contribution in [2.75, 3.05) is 13.1 Å². The Kier molecular flexibility index (Phi) is 7.06. The first-order valence-corrected chi connectivity index (χ1v) is 17.7. The van der Waals surface area contributed by atoms with Crippen LogP contribution in [0.15, 0.2) is 22.1 Å². The topological polar surface area (TPSA) is 110 Å². The fraction of sp³-hybridized carbons (Fsp3) is 0.357. The van der Waals surface area contributed by atoms with Crippen molar-refractivity contribution in [3.8, 4) is 32.6 Å². The maximum atomic E-state index is 12.8. The SMILES string of the molecule is CCN1C(=O)C(=Nc2nc3c(s2)-c2cc4c(cc2C(C)(C)O3)-c2sc(N=C3SC(=S)N(CC)C3=O)nc2OC4(C)C)SC1=S. The molecule has 3 aromatic rings. The van der Waals surface area contributed by atoms with Crippen molar-refractivity contribution in [1.29, 1.82) is 0 Å². The van der Waals surface area contributed by atoms with Crippen molar-refractivity contribution in [1.82, 2.24) is 19.8 Å². The number of ether oxygens (including phenoxy) is 2. The lowest BCUT2D eigenvalue weighted by Crippen LogP contribution is -2.32. The minimum Gasteiger partial charge on any atom is -0.466 e. The summed E-state index contributed by atoms with van der Waals surface area (Å²) in [6, 6.07) is 4.27. The Morgan fingerprint density at radius 2 is 1.14 bits per heavy atom. The van der Waals surface area contributed by atoms with Gasteiger partial charge in [-0.15, -0.1) is 0 Å². The summed E-state index contributed by atoms with van der Waals surface area (Å²) in [5.74, 6) is 0.523. The number of hydrogen-bond acceptors (Lipinski definition) is 14. The molecule has 0 N–H and O–H groups in total. The molecular weight excluding hydrogens is 677 g/mol. The van der Waals surface area contributed by atoms with Crippen LogP contribution >= 0.6 is 70.6 Å². The maximum Gasteiger partial charge on any atom is 0.285 e. The molecule has 2 saturated heterocycles. The Morgan fingerprint density at radius 1 is 0.750 bits per heavy atom. The van der Waals surface area contributed by atoms with Crippen LogP contribution in [0.3, 0.4) is 0 Å². The van der Waals surface area contributed by atoms with Gasteiger partial charge in [0.05, 0.1) is 0 Å². The van der Waals surface area contributed by atoms with E-state index in [-0.39, 0.29) is 11.8 Å². The van der Waals surface area contributed by atoms with Crippen LogP contribution in [0.4, 0.5) is 10.3 Å². The lowest BCUT2D eigenvalue weighted by atomic mass is 9.81. The molecule has 226 valence electrons. The van der Waals surface area contributed by atoms with E-state index in [0.717, 1.165) is 32.0 Å². The largest absolute Gasteiger partial charge is 0.466 e. The summed E-state index contributed by atoms with van der Waals surface area (Å²) in [6.07, 6.45) is 0. The van der Waals surface area contributed by atoms with Crippen molar-refractivity contribution in [3.05, 3.63) is 23.3 Å². The minimum absolute atomic E-state index is 0.212. The Balaban J connectivity index is 1.31. The van der Waals surface area contributed by atoms with Crippen LogP contribution in [-0.2, 0) is 20.8 Å². The van der Waals surface area contributed by atoms with Gasteiger partial charge < -0.3 is 9.47 Å². The highest BCUT2D eigenvalue weighted by Crippen LogP contribution is 2.56. The van der Waals surface area contributed by atoms with Gasteiger partial charge in [0.2, 0.25) is 22.0 Å². The molecule has 1 aromatic carbocycles. The molecule has 2 amide bonds. The Bertz CT molecular complexity index is 1770. The fourth-order valence-electron chi connectivity index (χ4n) is 5.35. The van der Waals surface area contributed by atoms with Gasteiger partial charge >= 0.3 is 0 Å². The molecule has 0 unspecified atom stereocenters. The van der Waals surface area contributed by atoms with Crippen LogP contribution in [0.2, 0.25) is 0 Å². The molecule has 4 aliphatic rings. The van der Waals surface area contributed by atoms with Crippen LogP contribution in [0, 0.1) is 0 Å². The smallest absolute Gasteiger partial charge is 0.285 e. The van der Waals surface area contributed by atoms with Gasteiger partial charge in [0.1, 0.15) is 29.6 Å². The summed E-state index contributed by atoms with van der Waals surface area (Å²) in [5, 5.41) is 1.47. The molecule has 0 atom stereocenters. The van der Waals surface area contributed by atoms with Crippen molar-refractivity contribution < 1.29 is 19.1 Å². The van der Waals surface area contributed by atoms with Crippen molar-refractivity contribution in [3.63, 3.8) is 0 Å². The molecule has 0 radical (unpaired) electrons. The second-order valence-electron chi connectivity index (χ2n) is 11.1. The van der Waals surface area contributed by atoms with Crippen molar-refractivity contribution >= 4 is 111 Å². The third-order valence-electron chi connectivity index (χ3n) is 7.51. The van der Waals surface area contributed by atoms with Gasteiger partial charge in [-0.25, -0.2) is 9.98 Å². The zero-order valence-corrected chi connectivity index (χ0v) is 29.2. The lowest BCUT2D eigenvalue weighted by molar-refractivity contribution is -0.120. The molecular formula is C28H24N6O4S6. The van der Waals surface area contributed by atoms with Gasteiger partial charge in [-0.3, -0.25) is 19.4 Å². The number of aliphatic imine (C=N–C) groups is 2. The zero-order valence-electron chi connectivity index (χ0n) is 24.3. The number of rotatable bonds is 4. The molecule has 7 rings (SSSR count). The second kappa shape index (κ2) is 10.4. The fourth-order valence-corrected chi connectivity index (χ4v) is 9.80. The van der Waals surface area contributed by atoms with E-state index < -0.39 is 11.2 Å². The summed E-state index contributed by atoms with van der Waals surface area (Å²) < 4.78 is 13.8. The summed E-state index contributed by atoms with van der Waals surface area (Å²) in [7, 11) is 0. The van der Waals surface area contributed by atoms with Crippen LogP contribution in [0.1, 0.15) is 52.7 Å². The van der Waals surface area contributed by atoms with E-state index in [0.29, 0.717) is 53.8 Å². The maximum absolute atomic E-state index is 12.8. The predicted octanol–water partition coefficient (Wildman–Crippen LogP) is 7.01. The van der Waals surface area contributed by atoms with Gasteiger partial charge in [-0.1, -0.05) is 47.1 Å². The molecule has 4 aliphatic heterocycles. The Morgan fingerprint density at radius 3 is 1.48 bits per heavy atom. The highest BCUT2D eigenvalue weighted by Gasteiger charge is 2.42. The molecule has 0 bridgehead atoms. The minimum atomic E-state index is -0.711. The highest BCUT2D eigenvalue weighted by molar-refractivity contribution is 8.35. The molecule has 0 saturated carbocycles. The molecule has 0 spiro atoms. The first kappa shape index (κ1) is 29.9. The second-order valence-corrected chi connectivity index (χ2v) is 16.3. The number of thiocarbonyl (C=S) groups is 2. The number of carbonyl (C=O) groups is 2. The van der Waals surface area contributed by atoms with Crippen molar-refractivity contribution in [2.24, 2.45) is 9.98 Å². The van der Waals surface area contributed by atoms with E-state index in [4.69, 9.17) is 33.9 Å². The summed E-state index contributed by atoms with van der Waals surface area (Å²) in [4.78, 5) is 48.7. The number of thiazole rings is 2. The predicted molar refractivity (Wildman–Crippen MR) is 185 cm³/mol. The van der Waals surface area contributed by atoms with Crippen molar-refractivity contribution in [2.45, 2.75) is 52.7 Å². The van der Waals surface area contributed by atoms with E-state index in [1.54, 1.807) is 0 Å². The third kappa shape index (κ3) is 4.64. The Labute approximate surface area is 280 Å². The van der Waals surface area contributed by atoms with Crippen LogP contribution in [-0.4, -0.2) is 63.4 Å². The average Bonchev–Trinajstić information content (AvgIpc) is 3.67. The zero-order chi connectivity index (χ0) is 31.3. The monoisotopic (exact) mass is 700 g/mol. The first-order valence-electron chi connectivity index (χ1n) is 13.7. The number of fused-ring (bicyclic) bond motifs is 6. The number of carbonyl (C=O) groups excluding carboxylic acids is 2. The molecule has 0 aliphatic carbocycles. The number of hydrogen-bond donors (Lipinski definition) is 0. The Hall–Kier alpha value is -2.76. The molecule has 16 heteroatoms. The normalized spacial score (nSPS) is 21.4. The summed E-state index contributed by atoms with van der Waals surface area (Å²) >= 11 is 15.8. The number of aromatic nitrogens is 2.